The molecule has 1 aromatic heterocycles. The average Bonchev–Trinajstić information content (AvgIpc) is 2.96. The maximum absolute atomic E-state index is 12.9. The van der Waals surface area contributed by atoms with Crippen LogP contribution in [-0.4, -0.2) is 15.7 Å². The molecule has 0 aliphatic carbocycles. The molecule has 0 unspecified atom stereocenters. The summed E-state index contributed by atoms with van der Waals surface area (Å²) in [5, 5.41) is 6.90. The average molecular weight is 325 g/mol. The molecule has 24 heavy (non-hydrogen) atoms. The van der Waals surface area contributed by atoms with Gasteiger partial charge in [-0.2, -0.15) is 5.10 Å². The minimum atomic E-state index is -0.328. The van der Waals surface area contributed by atoms with Crippen LogP contribution in [0.2, 0.25) is 0 Å². The van der Waals surface area contributed by atoms with Crippen molar-refractivity contribution in [1.82, 2.24) is 9.78 Å². The molecule has 2 aromatic carbocycles. The van der Waals surface area contributed by atoms with E-state index in [9.17, 15) is 9.18 Å². The van der Waals surface area contributed by atoms with Crippen LogP contribution in [0.15, 0.2) is 60.9 Å². The predicted molar refractivity (Wildman–Crippen MR) is 88.5 cm³/mol. The fraction of sp³-hybridized carbons (Fsp3) is 0.111. The first-order valence-corrected chi connectivity index (χ1v) is 7.41. The van der Waals surface area contributed by atoms with E-state index in [1.54, 1.807) is 6.20 Å². The predicted octanol–water partition coefficient (Wildman–Crippen LogP) is 3.76. The van der Waals surface area contributed by atoms with Gasteiger partial charge in [-0.05, 0) is 48.9 Å². The van der Waals surface area contributed by atoms with E-state index >= 15 is 0 Å². The van der Waals surface area contributed by atoms with E-state index in [0.29, 0.717) is 11.5 Å². The maximum atomic E-state index is 12.9. The number of hydrogen-bond donors (Lipinski definition) is 1. The minimum Gasteiger partial charge on any atom is -0.454 e. The van der Waals surface area contributed by atoms with E-state index in [-0.39, 0.29) is 18.3 Å². The molecule has 1 amide bonds. The number of hydrogen-bond acceptors (Lipinski definition) is 3. The summed E-state index contributed by atoms with van der Waals surface area (Å²) in [6, 6.07) is 13.2. The minimum absolute atomic E-state index is 0.0702. The van der Waals surface area contributed by atoms with Gasteiger partial charge in [-0.1, -0.05) is 12.1 Å². The summed E-state index contributed by atoms with van der Waals surface area (Å²) in [6.07, 6.45) is 3.11. The highest BCUT2D eigenvalue weighted by atomic mass is 19.1. The molecule has 0 spiro atoms. The fourth-order valence-corrected chi connectivity index (χ4v) is 2.19. The normalized spacial score (nSPS) is 10.4. The Hall–Kier alpha value is -3.15. The van der Waals surface area contributed by atoms with E-state index in [1.807, 2.05) is 31.2 Å². The topological polar surface area (TPSA) is 56.2 Å². The molecule has 122 valence electrons. The molecule has 0 aliphatic rings. The van der Waals surface area contributed by atoms with Crippen LogP contribution in [0.3, 0.4) is 0 Å². The number of rotatable bonds is 5. The molecular weight excluding hydrogens is 309 g/mol. The monoisotopic (exact) mass is 325 g/mol. The second-order valence-corrected chi connectivity index (χ2v) is 5.35. The molecule has 0 radical (unpaired) electrons. The van der Waals surface area contributed by atoms with Crippen molar-refractivity contribution >= 4 is 11.6 Å². The summed E-state index contributed by atoms with van der Waals surface area (Å²) in [7, 11) is 0. The van der Waals surface area contributed by atoms with E-state index in [2.05, 4.69) is 10.4 Å². The van der Waals surface area contributed by atoms with Gasteiger partial charge in [0.25, 0.3) is 0 Å². The Balaban J connectivity index is 1.59. The van der Waals surface area contributed by atoms with Gasteiger partial charge < -0.3 is 10.1 Å². The van der Waals surface area contributed by atoms with Crippen molar-refractivity contribution < 1.29 is 13.9 Å². The molecular formula is C18H16FN3O2. The Morgan fingerprint density at radius 1 is 1.21 bits per heavy atom. The van der Waals surface area contributed by atoms with Gasteiger partial charge in [-0.3, -0.25) is 9.48 Å². The number of ether oxygens (including phenoxy) is 1. The van der Waals surface area contributed by atoms with Crippen molar-refractivity contribution in [1.29, 1.82) is 0 Å². The Labute approximate surface area is 138 Å². The van der Waals surface area contributed by atoms with Crippen molar-refractivity contribution in [3.8, 4) is 11.5 Å². The third-order valence-electron chi connectivity index (χ3n) is 3.27. The van der Waals surface area contributed by atoms with Crippen molar-refractivity contribution in [3.05, 3.63) is 72.3 Å². The Morgan fingerprint density at radius 2 is 2.00 bits per heavy atom. The number of carbonyl (C=O) groups is 1. The zero-order valence-electron chi connectivity index (χ0n) is 13.1. The first kappa shape index (κ1) is 15.7. The van der Waals surface area contributed by atoms with Crippen molar-refractivity contribution in [2.75, 3.05) is 5.32 Å². The summed E-state index contributed by atoms with van der Waals surface area (Å²) < 4.78 is 19.9. The zero-order chi connectivity index (χ0) is 16.9. The molecule has 3 rings (SSSR count). The second-order valence-electron chi connectivity index (χ2n) is 5.35. The van der Waals surface area contributed by atoms with Crippen molar-refractivity contribution in [2.24, 2.45) is 0 Å². The van der Waals surface area contributed by atoms with Crippen LogP contribution in [0.1, 0.15) is 5.56 Å². The quantitative estimate of drug-likeness (QED) is 0.777. The first-order chi connectivity index (χ1) is 11.6. The number of carbonyl (C=O) groups excluding carboxylic acids is 1. The number of benzene rings is 2. The molecule has 0 saturated carbocycles. The lowest BCUT2D eigenvalue weighted by atomic mass is 10.2. The van der Waals surface area contributed by atoms with E-state index in [0.717, 1.165) is 11.3 Å². The highest BCUT2D eigenvalue weighted by Gasteiger charge is 2.07. The highest BCUT2D eigenvalue weighted by Crippen LogP contribution is 2.20. The number of aryl methyl sites for hydroxylation is 1. The lowest BCUT2D eigenvalue weighted by molar-refractivity contribution is -0.116. The van der Waals surface area contributed by atoms with Crippen LogP contribution in [-0.2, 0) is 11.3 Å². The molecule has 1 heterocycles. The number of amides is 1. The first-order valence-electron chi connectivity index (χ1n) is 7.41. The van der Waals surface area contributed by atoms with Gasteiger partial charge in [-0.15, -0.1) is 0 Å². The summed E-state index contributed by atoms with van der Waals surface area (Å²) >= 11 is 0. The van der Waals surface area contributed by atoms with E-state index in [1.165, 1.54) is 35.1 Å². The molecule has 0 fully saturated rings. The molecule has 5 nitrogen and oxygen atoms in total. The van der Waals surface area contributed by atoms with Crippen molar-refractivity contribution in [3.63, 3.8) is 0 Å². The van der Waals surface area contributed by atoms with Gasteiger partial charge in [-0.25, -0.2) is 4.39 Å². The Morgan fingerprint density at radius 3 is 2.75 bits per heavy atom. The SMILES string of the molecule is Cc1cccc(NC(=O)Cn2cc(Oc3ccc(F)cc3)cn2)c1. The molecule has 0 aliphatic heterocycles. The summed E-state index contributed by atoms with van der Waals surface area (Å²) in [6.45, 7) is 2.03. The largest absolute Gasteiger partial charge is 0.454 e. The number of anilines is 1. The number of halogens is 1. The van der Waals surface area contributed by atoms with Crippen LogP contribution in [0.4, 0.5) is 10.1 Å². The molecule has 0 atom stereocenters. The van der Waals surface area contributed by atoms with Crippen LogP contribution in [0.5, 0.6) is 11.5 Å². The zero-order valence-corrected chi connectivity index (χ0v) is 13.1. The van der Waals surface area contributed by atoms with Gasteiger partial charge >= 0.3 is 0 Å². The van der Waals surface area contributed by atoms with E-state index < -0.39 is 0 Å². The number of nitrogens with zero attached hydrogens (tertiary/aromatic N) is 2. The maximum Gasteiger partial charge on any atom is 0.246 e. The number of aromatic nitrogens is 2. The Bertz CT molecular complexity index is 843. The van der Waals surface area contributed by atoms with E-state index in [4.69, 9.17) is 4.74 Å². The standard InChI is InChI=1S/C18H16FN3O2/c1-13-3-2-4-15(9-13)21-18(23)12-22-11-17(10-20-22)24-16-7-5-14(19)6-8-16/h2-11H,12H2,1H3,(H,21,23). The van der Waals surface area contributed by atoms with Gasteiger partial charge in [0.2, 0.25) is 5.91 Å². The smallest absolute Gasteiger partial charge is 0.246 e. The van der Waals surface area contributed by atoms with Crippen LogP contribution in [0.25, 0.3) is 0 Å². The molecule has 3 aromatic rings. The summed E-state index contributed by atoms with van der Waals surface area (Å²) in [4.78, 5) is 12.0. The molecule has 6 heteroatoms. The van der Waals surface area contributed by atoms with Gasteiger partial charge in [0, 0.05) is 5.69 Å². The van der Waals surface area contributed by atoms with Gasteiger partial charge in [0.1, 0.15) is 18.1 Å². The fourth-order valence-electron chi connectivity index (χ4n) is 2.19. The van der Waals surface area contributed by atoms with Crippen LogP contribution < -0.4 is 10.1 Å². The van der Waals surface area contributed by atoms with Crippen molar-refractivity contribution in [2.45, 2.75) is 13.5 Å². The summed E-state index contributed by atoms with van der Waals surface area (Å²) in [5.74, 6) is 0.466. The molecule has 1 N–H and O–H groups in total. The number of nitrogens with one attached hydrogen (secondary N) is 1. The van der Waals surface area contributed by atoms with Gasteiger partial charge in [0.05, 0.1) is 12.4 Å². The Kier molecular flexibility index (Phi) is 4.56. The second kappa shape index (κ2) is 6.95. The van der Waals surface area contributed by atoms with Crippen LogP contribution in [0, 0.1) is 12.7 Å². The highest BCUT2D eigenvalue weighted by molar-refractivity contribution is 5.90. The third-order valence-corrected chi connectivity index (χ3v) is 3.27. The van der Waals surface area contributed by atoms with Gasteiger partial charge in [0.15, 0.2) is 5.75 Å². The third kappa shape index (κ3) is 4.19. The summed E-state index contributed by atoms with van der Waals surface area (Å²) in [5.41, 5.74) is 1.82. The lowest BCUT2D eigenvalue weighted by Crippen LogP contribution is -2.18. The van der Waals surface area contributed by atoms with Crippen LogP contribution >= 0.6 is 0 Å². The molecule has 0 bridgehead atoms. The molecule has 0 saturated heterocycles. The lowest BCUT2D eigenvalue weighted by Gasteiger charge is -2.06.